The standard InChI is InChI=1S/C15H22BrNO3/c1-15(2)11-17(9-14(10-18)20-15)6-7-19-13-5-3-4-12(16)8-13/h3-5,8,14,18H,6-7,9-11H2,1-2H3. The molecule has 0 spiro atoms. The van der Waals surface area contributed by atoms with Crippen molar-refractivity contribution in [3.8, 4) is 5.75 Å². The summed E-state index contributed by atoms with van der Waals surface area (Å²) in [6, 6.07) is 7.84. The van der Waals surface area contributed by atoms with Crippen molar-refractivity contribution >= 4 is 15.9 Å². The normalized spacial score (nSPS) is 22.7. The van der Waals surface area contributed by atoms with Crippen LogP contribution in [-0.2, 0) is 4.74 Å². The Bertz CT molecular complexity index is 439. The van der Waals surface area contributed by atoms with E-state index < -0.39 is 0 Å². The van der Waals surface area contributed by atoms with E-state index in [0.717, 1.165) is 29.9 Å². The minimum atomic E-state index is -0.221. The van der Waals surface area contributed by atoms with Gasteiger partial charge >= 0.3 is 0 Å². The Morgan fingerprint density at radius 1 is 1.50 bits per heavy atom. The van der Waals surface area contributed by atoms with E-state index in [9.17, 15) is 5.11 Å². The van der Waals surface area contributed by atoms with Crippen LogP contribution in [0.5, 0.6) is 5.75 Å². The first-order valence-electron chi connectivity index (χ1n) is 6.88. The summed E-state index contributed by atoms with van der Waals surface area (Å²) >= 11 is 3.43. The molecule has 1 aliphatic rings. The molecule has 5 heteroatoms. The van der Waals surface area contributed by atoms with Gasteiger partial charge in [0.25, 0.3) is 0 Å². The van der Waals surface area contributed by atoms with Gasteiger partial charge in [-0.3, -0.25) is 4.90 Å². The molecule has 1 fully saturated rings. The zero-order valence-electron chi connectivity index (χ0n) is 12.0. The lowest BCUT2D eigenvalue weighted by Gasteiger charge is -2.42. The van der Waals surface area contributed by atoms with Crippen molar-refractivity contribution in [3.63, 3.8) is 0 Å². The van der Waals surface area contributed by atoms with E-state index in [1.807, 2.05) is 24.3 Å². The Morgan fingerprint density at radius 2 is 2.30 bits per heavy atom. The van der Waals surface area contributed by atoms with Crippen LogP contribution in [0.2, 0.25) is 0 Å². The smallest absolute Gasteiger partial charge is 0.120 e. The number of nitrogens with zero attached hydrogens (tertiary/aromatic N) is 1. The molecule has 1 N–H and O–H groups in total. The van der Waals surface area contributed by atoms with E-state index >= 15 is 0 Å². The van der Waals surface area contributed by atoms with E-state index in [0.29, 0.717) is 6.61 Å². The molecule has 1 aliphatic heterocycles. The number of halogens is 1. The SMILES string of the molecule is CC1(C)CN(CCOc2cccc(Br)c2)CC(CO)O1. The Morgan fingerprint density at radius 3 is 3.00 bits per heavy atom. The molecule has 1 atom stereocenters. The van der Waals surface area contributed by atoms with E-state index in [4.69, 9.17) is 9.47 Å². The van der Waals surface area contributed by atoms with Crippen molar-refractivity contribution < 1.29 is 14.6 Å². The van der Waals surface area contributed by atoms with Gasteiger partial charge in [0.15, 0.2) is 0 Å². The molecule has 1 saturated heterocycles. The number of hydrogen-bond donors (Lipinski definition) is 1. The Hall–Kier alpha value is -0.620. The topological polar surface area (TPSA) is 41.9 Å². The van der Waals surface area contributed by atoms with Gasteiger partial charge < -0.3 is 14.6 Å². The third kappa shape index (κ3) is 4.74. The molecule has 20 heavy (non-hydrogen) atoms. The molecule has 0 saturated carbocycles. The number of morpholine rings is 1. The lowest BCUT2D eigenvalue weighted by atomic mass is 10.1. The van der Waals surface area contributed by atoms with Crippen molar-refractivity contribution in [2.24, 2.45) is 0 Å². The van der Waals surface area contributed by atoms with Crippen LogP contribution in [0, 0.1) is 0 Å². The van der Waals surface area contributed by atoms with Gasteiger partial charge in [0.2, 0.25) is 0 Å². The first kappa shape index (κ1) is 15.8. The fourth-order valence-corrected chi connectivity index (χ4v) is 2.91. The van der Waals surface area contributed by atoms with Gasteiger partial charge in [-0.15, -0.1) is 0 Å². The number of rotatable bonds is 5. The second-order valence-corrected chi connectivity index (χ2v) is 6.64. The van der Waals surface area contributed by atoms with Crippen LogP contribution in [-0.4, -0.2) is 54.6 Å². The number of aliphatic hydroxyl groups is 1. The molecule has 112 valence electrons. The molecule has 1 aromatic rings. The van der Waals surface area contributed by atoms with Gasteiger partial charge in [-0.05, 0) is 32.0 Å². The van der Waals surface area contributed by atoms with Gasteiger partial charge in [-0.2, -0.15) is 0 Å². The van der Waals surface area contributed by atoms with E-state index in [-0.39, 0.29) is 18.3 Å². The van der Waals surface area contributed by atoms with Crippen LogP contribution < -0.4 is 4.74 Å². The minimum absolute atomic E-state index is 0.0619. The number of aliphatic hydroxyl groups excluding tert-OH is 1. The van der Waals surface area contributed by atoms with Crippen LogP contribution in [0.15, 0.2) is 28.7 Å². The lowest BCUT2D eigenvalue weighted by molar-refractivity contribution is -0.149. The lowest BCUT2D eigenvalue weighted by Crippen LogP contribution is -2.54. The molecule has 0 amide bonds. The molecule has 0 aromatic heterocycles. The largest absolute Gasteiger partial charge is 0.492 e. The first-order valence-corrected chi connectivity index (χ1v) is 7.67. The highest BCUT2D eigenvalue weighted by Gasteiger charge is 2.32. The summed E-state index contributed by atoms with van der Waals surface area (Å²) in [5.74, 6) is 0.866. The predicted molar refractivity (Wildman–Crippen MR) is 82.1 cm³/mol. The van der Waals surface area contributed by atoms with Crippen LogP contribution in [0.3, 0.4) is 0 Å². The third-order valence-electron chi connectivity index (χ3n) is 3.23. The number of ether oxygens (including phenoxy) is 2. The van der Waals surface area contributed by atoms with E-state index in [1.165, 1.54) is 0 Å². The Balaban J connectivity index is 1.81. The number of benzene rings is 1. The second-order valence-electron chi connectivity index (χ2n) is 5.72. The molecule has 1 unspecified atom stereocenters. The molecule has 1 heterocycles. The maximum atomic E-state index is 9.29. The fourth-order valence-electron chi connectivity index (χ4n) is 2.53. The van der Waals surface area contributed by atoms with Crippen molar-refractivity contribution in [1.82, 2.24) is 4.90 Å². The van der Waals surface area contributed by atoms with Gasteiger partial charge in [-0.1, -0.05) is 22.0 Å². The van der Waals surface area contributed by atoms with Crippen molar-refractivity contribution in [3.05, 3.63) is 28.7 Å². The third-order valence-corrected chi connectivity index (χ3v) is 3.72. The first-order chi connectivity index (χ1) is 9.48. The summed E-state index contributed by atoms with van der Waals surface area (Å²) in [6.45, 7) is 7.23. The molecule has 1 aromatic carbocycles. The van der Waals surface area contributed by atoms with Crippen LogP contribution in [0.1, 0.15) is 13.8 Å². The monoisotopic (exact) mass is 343 g/mol. The summed E-state index contributed by atoms with van der Waals surface area (Å²) in [5, 5.41) is 9.29. The van der Waals surface area contributed by atoms with Gasteiger partial charge in [0, 0.05) is 24.1 Å². The molecule has 0 radical (unpaired) electrons. The average Bonchev–Trinajstić information content (AvgIpc) is 2.37. The molecular formula is C15H22BrNO3. The Labute approximate surface area is 128 Å². The van der Waals surface area contributed by atoms with Gasteiger partial charge in [-0.25, -0.2) is 0 Å². The van der Waals surface area contributed by atoms with Crippen molar-refractivity contribution in [1.29, 1.82) is 0 Å². The predicted octanol–water partition coefficient (Wildman–Crippen LogP) is 2.30. The van der Waals surface area contributed by atoms with Crippen molar-refractivity contribution in [2.45, 2.75) is 25.6 Å². The van der Waals surface area contributed by atoms with Crippen molar-refractivity contribution in [2.75, 3.05) is 32.8 Å². The van der Waals surface area contributed by atoms with Crippen LogP contribution in [0.25, 0.3) is 0 Å². The quantitative estimate of drug-likeness (QED) is 0.890. The fraction of sp³-hybridized carbons (Fsp3) is 0.600. The molecule has 2 rings (SSSR count). The number of hydrogen-bond acceptors (Lipinski definition) is 4. The van der Waals surface area contributed by atoms with Crippen LogP contribution in [0.4, 0.5) is 0 Å². The highest BCUT2D eigenvalue weighted by molar-refractivity contribution is 9.10. The second kappa shape index (κ2) is 6.89. The molecular weight excluding hydrogens is 322 g/mol. The summed E-state index contributed by atoms with van der Waals surface area (Å²) in [6.07, 6.45) is -0.107. The Kier molecular flexibility index (Phi) is 5.43. The summed E-state index contributed by atoms with van der Waals surface area (Å²) in [7, 11) is 0. The van der Waals surface area contributed by atoms with Crippen LogP contribution >= 0.6 is 15.9 Å². The molecule has 4 nitrogen and oxygen atoms in total. The van der Waals surface area contributed by atoms with E-state index in [2.05, 4.69) is 34.7 Å². The van der Waals surface area contributed by atoms with Gasteiger partial charge in [0.05, 0.1) is 18.3 Å². The molecule has 0 bridgehead atoms. The highest BCUT2D eigenvalue weighted by Crippen LogP contribution is 2.21. The van der Waals surface area contributed by atoms with E-state index in [1.54, 1.807) is 0 Å². The minimum Gasteiger partial charge on any atom is -0.492 e. The zero-order chi connectivity index (χ0) is 14.6. The molecule has 0 aliphatic carbocycles. The maximum Gasteiger partial charge on any atom is 0.120 e. The van der Waals surface area contributed by atoms with Gasteiger partial charge in [0.1, 0.15) is 12.4 Å². The summed E-state index contributed by atoms with van der Waals surface area (Å²) in [5.41, 5.74) is -0.221. The summed E-state index contributed by atoms with van der Waals surface area (Å²) < 4.78 is 12.6. The highest BCUT2D eigenvalue weighted by atomic mass is 79.9. The summed E-state index contributed by atoms with van der Waals surface area (Å²) in [4.78, 5) is 2.28. The maximum absolute atomic E-state index is 9.29. The zero-order valence-corrected chi connectivity index (χ0v) is 13.6. The average molecular weight is 344 g/mol.